The summed E-state index contributed by atoms with van der Waals surface area (Å²) < 4.78 is 1.84. The number of nitrogens with one attached hydrogen (secondary N) is 1. The van der Waals surface area contributed by atoms with Crippen LogP contribution < -0.4 is 5.32 Å². The van der Waals surface area contributed by atoms with Crippen molar-refractivity contribution in [3.05, 3.63) is 53.3 Å². The molecule has 2 aromatic rings. The van der Waals surface area contributed by atoms with Gasteiger partial charge in [-0.2, -0.15) is 5.10 Å². The molecule has 0 radical (unpaired) electrons. The van der Waals surface area contributed by atoms with E-state index < -0.39 is 0 Å². The molecule has 1 aliphatic rings. The molecule has 1 aromatic carbocycles. The summed E-state index contributed by atoms with van der Waals surface area (Å²) >= 11 is 0. The highest BCUT2D eigenvalue weighted by atomic mass is 15.2. The first-order chi connectivity index (χ1) is 8.81. The molecule has 1 saturated carbocycles. The molecule has 3 nitrogen and oxygen atoms in total. The van der Waals surface area contributed by atoms with Crippen molar-refractivity contribution in [3.63, 3.8) is 0 Å². The maximum atomic E-state index is 4.16. The van der Waals surface area contributed by atoms with Crippen molar-refractivity contribution in [1.82, 2.24) is 15.1 Å². The van der Waals surface area contributed by atoms with Crippen LogP contribution in [0, 0.1) is 0 Å². The molecule has 1 heterocycles. The number of aromatic nitrogens is 2. The second kappa shape index (κ2) is 4.94. The Labute approximate surface area is 108 Å². The zero-order chi connectivity index (χ0) is 12.4. The summed E-state index contributed by atoms with van der Waals surface area (Å²) in [6.45, 7) is 1.80. The van der Waals surface area contributed by atoms with Crippen molar-refractivity contribution in [2.45, 2.75) is 31.8 Å². The molecule has 0 spiro atoms. The molecule has 18 heavy (non-hydrogen) atoms. The summed E-state index contributed by atoms with van der Waals surface area (Å²) in [6, 6.07) is 8.97. The predicted octanol–water partition coefficient (Wildman–Crippen LogP) is 2.59. The average Bonchev–Trinajstić information content (AvgIpc) is 3.14. The summed E-state index contributed by atoms with van der Waals surface area (Å²) in [6.07, 6.45) is 6.69. The normalized spacial score (nSPS) is 14.9. The second-order valence-electron chi connectivity index (χ2n) is 5.15. The highest BCUT2D eigenvalue weighted by molar-refractivity contribution is 5.29. The fourth-order valence-electron chi connectivity index (χ4n) is 2.29. The van der Waals surface area contributed by atoms with Crippen molar-refractivity contribution in [2.75, 3.05) is 0 Å². The lowest BCUT2D eigenvalue weighted by Crippen LogP contribution is -2.12. The van der Waals surface area contributed by atoms with Crippen molar-refractivity contribution >= 4 is 0 Å². The quantitative estimate of drug-likeness (QED) is 0.872. The Morgan fingerprint density at radius 1 is 1.28 bits per heavy atom. The number of benzene rings is 1. The molecule has 1 aliphatic carbocycles. The molecule has 1 N–H and O–H groups in total. The number of aryl methyl sites for hydroxylation is 1. The molecule has 0 aliphatic heterocycles. The molecule has 0 amide bonds. The molecule has 3 rings (SSSR count). The number of hydrogen-bond acceptors (Lipinski definition) is 2. The lowest BCUT2D eigenvalue weighted by atomic mass is 10.1. The minimum Gasteiger partial charge on any atom is -0.309 e. The van der Waals surface area contributed by atoms with E-state index in [9.17, 15) is 0 Å². The van der Waals surface area contributed by atoms with Gasteiger partial charge in [-0.05, 0) is 29.9 Å². The van der Waals surface area contributed by atoms with Crippen LogP contribution >= 0.6 is 0 Å². The monoisotopic (exact) mass is 241 g/mol. The molecule has 1 aromatic heterocycles. The fraction of sp³-hybridized carbons (Fsp3) is 0.400. The Bertz CT molecular complexity index is 526. The number of rotatable bonds is 5. The molecule has 0 saturated heterocycles. The smallest absolute Gasteiger partial charge is 0.0534 e. The lowest BCUT2D eigenvalue weighted by molar-refractivity contribution is 0.691. The van der Waals surface area contributed by atoms with Crippen LogP contribution in [0.15, 0.2) is 36.7 Å². The molecular weight excluding hydrogens is 222 g/mol. The Kier molecular flexibility index (Phi) is 3.15. The van der Waals surface area contributed by atoms with E-state index in [0.717, 1.165) is 19.0 Å². The van der Waals surface area contributed by atoms with Crippen LogP contribution in [0.5, 0.6) is 0 Å². The van der Waals surface area contributed by atoms with E-state index in [1.807, 2.05) is 24.1 Å². The zero-order valence-corrected chi connectivity index (χ0v) is 10.8. The zero-order valence-electron chi connectivity index (χ0n) is 10.8. The first-order valence-electron chi connectivity index (χ1n) is 6.58. The minimum absolute atomic E-state index is 0.836. The van der Waals surface area contributed by atoms with Crippen LogP contribution in [0.2, 0.25) is 0 Å². The van der Waals surface area contributed by atoms with Crippen LogP contribution in [0.25, 0.3) is 0 Å². The van der Waals surface area contributed by atoms with Crippen LogP contribution in [0.4, 0.5) is 0 Å². The summed E-state index contributed by atoms with van der Waals surface area (Å²) in [5, 5.41) is 7.63. The van der Waals surface area contributed by atoms with E-state index in [0.29, 0.717) is 0 Å². The summed E-state index contributed by atoms with van der Waals surface area (Å²) in [4.78, 5) is 0. The largest absolute Gasteiger partial charge is 0.309 e. The van der Waals surface area contributed by atoms with E-state index >= 15 is 0 Å². The topological polar surface area (TPSA) is 29.9 Å². The van der Waals surface area contributed by atoms with Crippen molar-refractivity contribution in [3.8, 4) is 0 Å². The first-order valence-corrected chi connectivity index (χ1v) is 6.58. The molecule has 0 unspecified atom stereocenters. The number of hydrogen-bond donors (Lipinski definition) is 1. The van der Waals surface area contributed by atoms with E-state index in [4.69, 9.17) is 0 Å². The molecule has 0 atom stereocenters. The average molecular weight is 241 g/mol. The Hall–Kier alpha value is -1.61. The fourth-order valence-corrected chi connectivity index (χ4v) is 2.29. The van der Waals surface area contributed by atoms with Gasteiger partial charge in [-0.15, -0.1) is 0 Å². The van der Waals surface area contributed by atoms with Gasteiger partial charge in [0.05, 0.1) is 6.20 Å². The molecule has 94 valence electrons. The first kappa shape index (κ1) is 11.5. The third-order valence-electron chi connectivity index (χ3n) is 3.42. The third-order valence-corrected chi connectivity index (χ3v) is 3.42. The summed E-state index contributed by atoms with van der Waals surface area (Å²) in [5.41, 5.74) is 4.12. The van der Waals surface area contributed by atoms with Gasteiger partial charge in [0.1, 0.15) is 0 Å². The van der Waals surface area contributed by atoms with Crippen LogP contribution in [0.1, 0.15) is 35.4 Å². The van der Waals surface area contributed by atoms with E-state index in [1.165, 1.54) is 29.5 Å². The summed E-state index contributed by atoms with van der Waals surface area (Å²) in [5.74, 6) is 0.836. The lowest BCUT2D eigenvalue weighted by Gasteiger charge is -2.05. The standard InChI is InChI=1S/C15H19N3/c1-18-11-13(10-17-18)9-16-8-12-3-2-4-15(7-12)14-5-6-14/h2-4,7,10-11,14,16H,5-6,8-9H2,1H3. The van der Waals surface area contributed by atoms with Crippen molar-refractivity contribution in [2.24, 2.45) is 7.05 Å². The van der Waals surface area contributed by atoms with Gasteiger partial charge in [0.15, 0.2) is 0 Å². The van der Waals surface area contributed by atoms with Crippen LogP contribution in [0.3, 0.4) is 0 Å². The molecular formula is C15H19N3. The highest BCUT2D eigenvalue weighted by Gasteiger charge is 2.23. The molecule has 3 heteroatoms. The van der Waals surface area contributed by atoms with Crippen LogP contribution in [-0.2, 0) is 20.1 Å². The summed E-state index contributed by atoms with van der Waals surface area (Å²) in [7, 11) is 1.95. The van der Waals surface area contributed by atoms with Gasteiger partial charge in [-0.1, -0.05) is 24.3 Å². The van der Waals surface area contributed by atoms with Crippen molar-refractivity contribution in [1.29, 1.82) is 0 Å². The predicted molar refractivity (Wildman–Crippen MR) is 72.2 cm³/mol. The van der Waals surface area contributed by atoms with Crippen molar-refractivity contribution < 1.29 is 0 Å². The van der Waals surface area contributed by atoms with Gasteiger partial charge < -0.3 is 5.32 Å². The van der Waals surface area contributed by atoms with Gasteiger partial charge in [0.2, 0.25) is 0 Å². The molecule has 0 bridgehead atoms. The SMILES string of the molecule is Cn1cc(CNCc2cccc(C3CC3)c2)cn1. The maximum absolute atomic E-state index is 4.16. The molecule has 1 fully saturated rings. The van der Waals surface area contributed by atoms with Gasteiger partial charge in [-0.25, -0.2) is 0 Å². The Balaban J connectivity index is 1.54. The Morgan fingerprint density at radius 3 is 2.83 bits per heavy atom. The Morgan fingerprint density at radius 2 is 2.11 bits per heavy atom. The number of nitrogens with zero attached hydrogens (tertiary/aromatic N) is 2. The minimum atomic E-state index is 0.836. The van der Waals surface area contributed by atoms with E-state index in [2.05, 4.69) is 34.7 Å². The van der Waals surface area contributed by atoms with Gasteiger partial charge in [-0.3, -0.25) is 4.68 Å². The van der Waals surface area contributed by atoms with Gasteiger partial charge in [0.25, 0.3) is 0 Å². The van der Waals surface area contributed by atoms with E-state index in [-0.39, 0.29) is 0 Å². The highest BCUT2D eigenvalue weighted by Crippen LogP contribution is 2.40. The maximum Gasteiger partial charge on any atom is 0.0534 e. The third kappa shape index (κ3) is 2.79. The van der Waals surface area contributed by atoms with Crippen LogP contribution in [-0.4, -0.2) is 9.78 Å². The van der Waals surface area contributed by atoms with Gasteiger partial charge >= 0.3 is 0 Å². The van der Waals surface area contributed by atoms with Gasteiger partial charge in [0, 0.05) is 31.9 Å². The second-order valence-corrected chi connectivity index (χ2v) is 5.15. The van der Waals surface area contributed by atoms with E-state index in [1.54, 1.807) is 0 Å².